The highest BCUT2D eigenvalue weighted by Gasteiger charge is 2.41. The van der Waals surface area contributed by atoms with Gasteiger partial charge in [-0.25, -0.2) is 0 Å². The van der Waals surface area contributed by atoms with Gasteiger partial charge >= 0.3 is 0 Å². The minimum absolute atomic E-state index is 0.0595. The van der Waals surface area contributed by atoms with Gasteiger partial charge < -0.3 is 5.32 Å². The summed E-state index contributed by atoms with van der Waals surface area (Å²) in [6.07, 6.45) is 1.16. The molecule has 1 aromatic carbocycles. The largest absolute Gasteiger partial charge is 0.326 e. The number of aromatic nitrogens is 4. The fraction of sp³-hybridized carbons (Fsp3) is 0.222. The summed E-state index contributed by atoms with van der Waals surface area (Å²) in [5.41, 5.74) is 2.12. The first kappa shape index (κ1) is 16.9. The number of hydrogen-bond donors (Lipinski definition) is 1. The number of tetrazole rings is 1. The number of rotatable bonds is 2. The lowest BCUT2D eigenvalue weighted by atomic mass is 9.80. The Kier molecular flexibility index (Phi) is 4.03. The fourth-order valence-corrected chi connectivity index (χ4v) is 5.27. The first-order valence-corrected chi connectivity index (χ1v) is 10.1. The van der Waals surface area contributed by atoms with Crippen molar-refractivity contribution >= 4 is 46.3 Å². The lowest BCUT2D eigenvalue weighted by Crippen LogP contribution is -2.33. The number of halogens is 2. The number of nitrogens with one attached hydrogen (secondary N) is 1. The van der Waals surface area contributed by atoms with Crippen LogP contribution < -0.4 is 5.32 Å². The summed E-state index contributed by atoms with van der Waals surface area (Å²) < 4.78 is 1.58. The molecule has 5 rings (SSSR count). The highest BCUT2D eigenvalue weighted by molar-refractivity contribution is 7.10. The first-order chi connectivity index (χ1) is 13.1. The van der Waals surface area contributed by atoms with E-state index in [0.717, 1.165) is 5.70 Å². The molecule has 1 N–H and O–H groups in total. The summed E-state index contributed by atoms with van der Waals surface area (Å²) in [7, 11) is 0. The van der Waals surface area contributed by atoms with Crippen LogP contribution in [-0.2, 0) is 4.79 Å². The number of thiophene rings is 1. The average Bonchev–Trinajstić information content (AvgIpc) is 3.32. The van der Waals surface area contributed by atoms with Crippen molar-refractivity contribution in [3.63, 3.8) is 0 Å². The maximum absolute atomic E-state index is 13.2. The number of benzene rings is 1. The molecular weight excluding hydrogens is 405 g/mol. The first-order valence-electron chi connectivity index (χ1n) is 8.42. The molecule has 1 aliphatic heterocycles. The van der Waals surface area contributed by atoms with E-state index < -0.39 is 6.04 Å². The Balaban J connectivity index is 1.67. The molecule has 1 aliphatic carbocycles. The highest BCUT2D eigenvalue weighted by Crippen LogP contribution is 2.47. The summed E-state index contributed by atoms with van der Waals surface area (Å²) in [6, 6.07) is 8.84. The Morgan fingerprint density at radius 3 is 2.70 bits per heavy atom. The van der Waals surface area contributed by atoms with Gasteiger partial charge in [-0.2, -0.15) is 4.68 Å². The molecule has 3 aromatic rings. The highest BCUT2D eigenvalue weighted by atomic mass is 35.5. The van der Waals surface area contributed by atoms with Crippen molar-refractivity contribution in [2.45, 2.75) is 24.8 Å². The van der Waals surface area contributed by atoms with Crippen LogP contribution in [0.4, 0.5) is 5.95 Å². The van der Waals surface area contributed by atoms with Gasteiger partial charge in [0.05, 0.1) is 0 Å². The third kappa shape index (κ3) is 2.69. The number of Topliss-reactive ketones (excluding diaryl/α,β-unsaturated/α-hetero) is 1. The van der Waals surface area contributed by atoms with Gasteiger partial charge in [-0.3, -0.25) is 4.79 Å². The number of allylic oxidation sites excluding steroid dienone is 2. The van der Waals surface area contributed by atoms with Gasteiger partial charge in [-0.05, 0) is 40.4 Å². The molecule has 27 heavy (non-hydrogen) atoms. The molecule has 0 spiro atoms. The molecule has 0 saturated heterocycles. The summed E-state index contributed by atoms with van der Waals surface area (Å²) in [4.78, 5) is 14.4. The standard InChI is InChI=1S/C18H13Cl2N5OS/c19-10-3-1-4-11(20)15(10)17-16-12(21-18-22-23-24-25(17)18)7-9(8-13(16)26)14-5-2-6-27-14/h1-6,9,17H,7-8H2,(H,21,22,24)/t9-,17-/m1/s1. The number of anilines is 1. The second-order valence-electron chi connectivity index (χ2n) is 6.55. The van der Waals surface area contributed by atoms with Gasteiger partial charge in [0, 0.05) is 44.1 Å². The molecule has 9 heteroatoms. The minimum Gasteiger partial charge on any atom is -0.326 e. The molecule has 0 amide bonds. The average molecular weight is 418 g/mol. The SMILES string of the molecule is O=C1C[C@H](c2cccs2)CC2=C1[C@@H](c1c(Cl)cccc1Cl)n1nnnc1N2. The summed E-state index contributed by atoms with van der Waals surface area (Å²) >= 11 is 14.6. The van der Waals surface area contributed by atoms with Crippen LogP contribution in [0.25, 0.3) is 0 Å². The van der Waals surface area contributed by atoms with Gasteiger partial charge in [0.1, 0.15) is 6.04 Å². The number of ketones is 1. The van der Waals surface area contributed by atoms with Crippen LogP contribution in [0, 0.1) is 0 Å². The van der Waals surface area contributed by atoms with Crippen LogP contribution >= 0.6 is 34.5 Å². The fourth-order valence-electron chi connectivity index (χ4n) is 3.84. The number of carbonyl (C=O) groups is 1. The number of hydrogen-bond acceptors (Lipinski definition) is 6. The molecule has 0 bridgehead atoms. The van der Waals surface area contributed by atoms with Crippen molar-refractivity contribution in [2.24, 2.45) is 0 Å². The zero-order valence-electron chi connectivity index (χ0n) is 13.9. The molecule has 3 heterocycles. The van der Waals surface area contributed by atoms with E-state index in [1.165, 1.54) is 4.88 Å². The van der Waals surface area contributed by atoms with Crippen molar-refractivity contribution in [3.8, 4) is 0 Å². The second kappa shape index (κ2) is 6.44. The van der Waals surface area contributed by atoms with Crippen molar-refractivity contribution in [2.75, 3.05) is 5.32 Å². The Morgan fingerprint density at radius 1 is 1.15 bits per heavy atom. The molecule has 0 saturated carbocycles. The summed E-state index contributed by atoms with van der Waals surface area (Å²) in [5, 5.41) is 18.2. The maximum atomic E-state index is 13.2. The number of fused-ring (bicyclic) bond motifs is 1. The molecule has 2 aromatic heterocycles. The van der Waals surface area contributed by atoms with Gasteiger partial charge in [-0.1, -0.05) is 40.4 Å². The van der Waals surface area contributed by atoms with Crippen LogP contribution in [0.5, 0.6) is 0 Å². The Bertz CT molecular complexity index is 1060. The molecule has 2 aliphatic rings. The van der Waals surface area contributed by atoms with Crippen LogP contribution in [0.15, 0.2) is 47.0 Å². The van der Waals surface area contributed by atoms with Crippen LogP contribution in [-0.4, -0.2) is 26.0 Å². The van der Waals surface area contributed by atoms with Gasteiger partial charge in [-0.15, -0.1) is 11.3 Å². The third-order valence-corrected chi connectivity index (χ3v) is 6.69. The molecular formula is C18H13Cl2N5OS. The molecule has 0 fully saturated rings. The Hall–Kier alpha value is -2.22. The van der Waals surface area contributed by atoms with E-state index in [4.69, 9.17) is 23.2 Å². The Labute approximate surface area is 168 Å². The zero-order valence-corrected chi connectivity index (χ0v) is 16.2. The van der Waals surface area contributed by atoms with E-state index in [9.17, 15) is 4.79 Å². The van der Waals surface area contributed by atoms with Crippen LogP contribution in [0.3, 0.4) is 0 Å². The monoisotopic (exact) mass is 417 g/mol. The van der Waals surface area contributed by atoms with Gasteiger partial charge in [0.2, 0.25) is 5.95 Å². The molecule has 6 nitrogen and oxygen atoms in total. The van der Waals surface area contributed by atoms with Crippen LogP contribution in [0.1, 0.15) is 35.2 Å². The molecule has 136 valence electrons. The van der Waals surface area contributed by atoms with Crippen molar-refractivity contribution in [3.05, 3.63) is 67.5 Å². The predicted octanol–water partition coefficient (Wildman–Crippen LogP) is 4.46. The number of nitrogens with zero attached hydrogens (tertiary/aromatic N) is 4. The van der Waals surface area contributed by atoms with E-state index in [1.54, 1.807) is 34.2 Å². The van der Waals surface area contributed by atoms with E-state index in [0.29, 0.717) is 40.0 Å². The third-order valence-electron chi connectivity index (χ3n) is 5.00. The lowest BCUT2D eigenvalue weighted by molar-refractivity contribution is -0.116. The van der Waals surface area contributed by atoms with E-state index in [2.05, 4.69) is 26.9 Å². The van der Waals surface area contributed by atoms with Gasteiger partial charge in [0.25, 0.3) is 0 Å². The van der Waals surface area contributed by atoms with Gasteiger partial charge in [0.15, 0.2) is 5.78 Å². The maximum Gasteiger partial charge on any atom is 0.248 e. The smallest absolute Gasteiger partial charge is 0.248 e. The van der Waals surface area contributed by atoms with E-state index in [1.807, 2.05) is 11.4 Å². The zero-order chi connectivity index (χ0) is 18.5. The van der Waals surface area contributed by atoms with Crippen molar-refractivity contribution in [1.29, 1.82) is 0 Å². The quantitative estimate of drug-likeness (QED) is 0.666. The lowest BCUT2D eigenvalue weighted by Gasteiger charge is -2.34. The molecule has 0 radical (unpaired) electrons. The molecule has 2 atom stereocenters. The summed E-state index contributed by atoms with van der Waals surface area (Å²) in [5.74, 6) is 0.687. The number of carbonyl (C=O) groups excluding carboxylic acids is 1. The van der Waals surface area contributed by atoms with E-state index in [-0.39, 0.29) is 11.7 Å². The minimum atomic E-state index is -0.538. The van der Waals surface area contributed by atoms with Crippen LogP contribution in [0.2, 0.25) is 10.0 Å². The topological polar surface area (TPSA) is 72.7 Å². The second-order valence-corrected chi connectivity index (χ2v) is 8.34. The Morgan fingerprint density at radius 2 is 1.96 bits per heavy atom. The normalized spacial score (nSPS) is 21.6. The molecule has 0 unspecified atom stereocenters. The predicted molar refractivity (Wildman–Crippen MR) is 104 cm³/mol. The van der Waals surface area contributed by atoms with Crippen molar-refractivity contribution < 1.29 is 4.79 Å². The van der Waals surface area contributed by atoms with E-state index >= 15 is 0 Å². The summed E-state index contributed by atoms with van der Waals surface area (Å²) in [6.45, 7) is 0. The van der Waals surface area contributed by atoms with Crippen molar-refractivity contribution in [1.82, 2.24) is 20.2 Å².